The molecule has 1 rings (SSSR count). The van der Waals surface area contributed by atoms with Crippen LogP contribution in [0.1, 0.15) is 12.5 Å². The van der Waals surface area contributed by atoms with E-state index in [1.54, 1.807) is 0 Å². The second kappa shape index (κ2) is 5.09. The minimum Gasteiger partial charge on any atom is -0.211 e. The highest BCUT2D eigenvalue weighted by Gasteiger charge is 2.17. The summed E-state index contributed by atoms with van der Waals surface area (Å²) >= 11 is 1.82. The zero-order chi connectivity index (χ0) is 10.6. The Kier molecular flexibility index (Phi) is 4.33. The first-order valence-electron chi connectivity index (χ1n) is 4.26. The molecule has 1 aromatic carbocycles. The molecule has 0 N–H and O–H groups in total. The lowest BCUT2D eigenvalue weighted by Crippen LogP contribution is -2.22. The zero-order valence-electron chi connectivity index (χ0n) is 7.85. The molecule has 0 atom stereocenters. The second-order valence-electron chi connectivity index (χ2n) is 2.85. The summed E-state index contributed by atoms with van der Waals surface area (Å²) in [5.41, 5.74) is 0.822. The van der Waals surface area contributed by atoms with Gasteiger partial charge in [-0.05, 0) is 5.56 Å². The van der Waals surface area contributed by atoms with Crippen LogP contribution < -0.4 is 0 Å². The van der Waals surface area contributed by atoms with Gasteiger partial charge in [0, 0.05) is 29.4 Å². The molecule has 5 heteroatoms. The maximum absolute atomic E-state index is 11.6. The lowest BCUT2D eigenvalue weighted by molar-refractivity contribution is 0.558. The van der Waals surface area contributed by atoms with E-state index in [1.165, 1.54) is 2.52 Å². The van der Waals surface area contributed by atoms with Crippen LogP contribution in [0.5, 0.6) is 0 Å². The zero-order valence-corrected chi connectivity index (χ0v) is 10.8. The summed E-state index contributed by atoms with van der Waals surface area (Å²) < 4.78 is 24.6. The van der Waals surface area contributed by atoms with Crippen molar-refractivity contribution in [2.24, 2.45) is 0 Å². The molecule has 0 aliphatic carbocycles. The average molecular weight is 325 g/mol. The summed E-state index contributed by atoms with van der Waals surface area (Å²) in [4.78, 5) is 0. The van der Waals surface area contributed by atoms with Crippen LogP contribution in [-0.2, 0) is 15.8 Å². The van der Waals surface area contributed by atoms with E-state index in [2.05, 4.69) is 0 Å². The highest BCUT2D eigenvalue weighted by atomic mass is 127. The first-order valence-corrected chi connectivity index (χ1v) is 6.84. The van der Waals surface area contributed by atoms with E-state index >= 15 is 0 Å². The number of hydrogen-bond acceptors (Lipinski definition) is 2. The minimum atomic E-state index is -3.14. The molecular weight excluding hydrogens is 313 g/mol. The molecule has 14 heavy (non-hydrogen) atoms. The second-order valence-corrected chi connectivity index (χ2v) is 6.56. The quantitative estimate of drug-likeness (QED) is 0.629. The van der Waals surface area contributed by atoms with Crippen molar-refractivity contribution in [3.63, 3.8) is 0 Å². The Balaban J connectivity index is 2.79. The third-order valence-corrected chi connectivity index (χ3v) is 5.79. The third-order valence-electron chi connectivity index (χ3n) is 1.74. The molecule has 0 spiro atoms. The summed E-state index contributed by atoms with van der Waals surface area (Å²) in [6.45, 7) is 2.31. The van der Waals surface area contributed by atoms with Crippen LogP contribution in [0.4, 0.5) is 0 Å². The normalized spacial score (nSPS) is 11.9. The van der Waals surface area contributed by atoms with Crippen molar-refractivity contribution in [1.82, 2.24) is 2.52 Å². The molecule has 0 unspecified atom stereocenters. The summed E-state index contributed by atoms with van der Waals surface area (Å²) in [5, 5.41) is 0. The Hall–Kier alpha value is -0.140. The van der Waals surface area contributed by atoms with E-state index in [1.807, 2.05) is 60.1 Å². The molecule has 0 fully saturated rings. The van der Waals surface area contributed by atoms with Gasteiger partial charge in [-0.25, -0.2) is 8.42 Å². The van der Waals surface area contributed by atoms with Crippen molar-refractivity contribution < 1.29 is 8.42 Å². The molecule has 0 bridgehead atoms. The molecule has 3 nitrogen and oxygen atoms in total. The molecular formula is C9H12INO2S. The largest absolute Gasteiger partial charge is 0.226 e. The highest BCUT2D eigenvalue weighted by molar-refractivity contribution is 14.1. The Morgan fingerprint density at radius 3 is 2.36 bits per heavy atom. The molecule has 0 heterocycles. The standard InChI is InChI=1S/C9H12INO2S/c1-2-11(10)14(12,13)8-9-6-4-3-5-7-9/h3-7H,2,8H2,1H3. The van der Waals surface area contributed by atoms with Crippen molar-refractivity contribution in [1.29, 1.82) is 0 Å². The maximum Gasteiger partial charge on any atom is 0.226 e. The molecule has 0 radical (unpaired) electrons. The van der Waals surface area contributed by atoms with E-state index in [9.17, 15) is 8.42 Å². The summed E-state index contributed by atoms with van der Waals surface area (Å²) in [5.74, 6) is 0.0740. The number of rotatable bonds is 4. The fourth-order valence-electron chi connectivity index (χ4n) is 1.05. The van der Waals surface area contributed by atoms with Crippen LogP contribution in [-0.4, -0.2) is 17.5 Å². The Labute approximate surface area is 98.7 Å². The van der Waals surface area contributed by atoms with Gasteiger partial charge in [-0.2, -0.15) is 0 Å². The van der Waals surface area contributed by atoms with E-state index in [4.69, 9.17) is 0 Å². The maximum atomic E-state index is 11.6. The minimum absolute atomic E-state index is 0.0740. The molecule has 0 aliphatic heterocycles. The van der Waals surface area contributed by atoms with Crippen LogP contribution in [0.25, 0.3) is 0 Å². The van der Waals surface area contributed by atoms with Crippen molar-refractivity contribution in [3.05, 3.63) is 35.9 Å². The van der Waals surface area contributed by atoms with E-state index < -0.39 is 10.0 Å². The predicted octanol–water partition coefficient (Wildman–Crippen LogP) is 2.19. The fraction of sp³-hybridized carbons (Fsp3) is 0.333. The van der Waals surface area contributed by atoms with Gasteiger partial charge in [-0.15, -0.1) is 2.52 Å². The van der Waals surface area contributed by atoms with E-state index in [-0.39, 0.29) is 5.75 Å². The number of halogens is 1. The number of nitrogens with zero attached hydrogens (tertiary/aromatic N) is 1. The summed E-state index contributed by atoms with van der Waals surface area (Å²) in [6, 6.07) is 9.19. The highest BCUT2D eigenvalue weighted by Crippen LogP contribution is 2.13. The lowest BCUT2D eigenvalue weighted by Gasteiger charge is -2.12. The first-order chi connectivity index (χ1) is 6.56. The molecule has 0 amide bonds. The molecule has 0 saturated heterocycles. The number of hydrogen-bond donors (Lipinski definition) is 0. The first kappa shape index (κ1) is 11.9. The van der Waals surface area contributed by atoms with Gasteiger partial charge in [0.05, 0.1) is 5.75 Å². The van der Waals surface area contributed by atoms with Gasteiger partial charge in [0.15, 0.2) is 0 Å². The van der Waals surface area contributed by atoms with Gasteiger partial charge >= 0.3 is 0 Å². The number of benzene rings is 1. The van der Waals surface area contributed by atoms with E-state index in [0.29, 0.717) is 6.54 Å². The Morgan fingerprint density at radius 2 is 1.86 bits per heavy atom. The number of sulfonamides is 1. The molecule has 0 aromatic heterocycles. The van der Waals surface area contributed by atoms with Crippen LogP contribution >= 0.6 is 22.9 Å². The van der Waals surface area contributed by atoms with Crippen molar-refractivity contribution in [2.45, 2.75) is 12.7 Å². The van der Waals surface area contributed by atoms with Gasteiger partial charge in [0.1, 0.15) is 0 Å². The van der Waals surface area contributed by atoms with Crippen molar-refractivity contribution >= 4 is 32.9 Å². The smallest absolute Gasteiger partial charge is 0.211 e. The SMILES string of the molecule is CCN(I)S(=O)(=O)Cc1ccccc1. The van der Waals surface area contributed by atoms with Gasteiger partial charge in [-0.3, -0.25) is 0 Å². The Bertz CT molecular complexity index is 377. The van der Waals surface area contributed by atoms with Crippen molar-refractivity contribution in [3.8, 4) is 0 Å². The average Bonchev–Trinajstić information content (AvgIpc) is 2.17. The molecule has 1 aromatic rings. The van der Waals surface area contributed by atoms with Gasteiger partial charge in [0.2, 0.25) is 10.0 Å². The van der Waals surface area contributed by atoms with Crippen molar-refractivity contribution in [2.75, 3.05) is 6.54 Å². The van der Waals surface area contributed by atoms with Gasteiger partial charge < -0.3 is 0 Å². The van der Waals surface area contributed by atoms with Gasteiger partial charge in [0.25, 0.3) is 0 Å². The summed E-state index contributed by atoms with van der Waals surface area (Å²) in [6.07, 6.45) is 0. The summed E-state index contributed by atoms with van der Waals surface area (Å²) in [7, 11) is -3.14. The molecule has 78 valence electrons. The predicted molar refractivity (Wildman–Crippen MR) is 65.5 cm³/mol. The van der Waals surface area contributed by atoms with Gasteiger partial charge in [-0.1, -0.05) is 37.3 Å². The Morgan fingerprint density at radius 1 is 1.29 bits per heavy atom. The monoisotopic (exact) mass is 325 g/mol. The fourth-order valence-corrected chi connectivity index (χ4v) is 2.62. The van der Waals surface area contributed by atoms with Crippen LogP contribution in [0.15, 0.2) is 30.3 Å². The third kappa shape index (κ3) is 3.21. The molecule has 0 aliphatic rings. The lowest BCUT2D eigenvalue weighted by atomic mass is 10.2. The van der Waals surface area contributed by atoms with Crippen LogP contribution in [0.2, 0.25) is 0 Å². The van der Waals surface area contributed by atoms with Crippen LogP contribution in [0.3, 0.4) is 0 Å². The van der Waals surface area contributed by atoms with E-state index in [0.717, 1.165) is 5.56 Å². The van der Waals surface area contributed by atoms with Crippen LogP contribution in [0, 0.1) is 0 Å². The molecule has 0 saturated carbocycles. The topological polar surface area (TPSA) is 37.4 Å².